The van der Waals surface area contributed by atoms with Gasteiger partial charge < -0.3 is 15.1 Å². The molecule has 1 aromatic rings. The number of amides is 3. The standard InChI is InChI=1S/C23H34N4O2/c1-18-10-12-23(13-11-18)21(28)27(22(29)24-23)17-25(2)16-19-8-4-5-9-20(19)26-14-6-3-7-15-26/h4-5,8-9,18H,3,6-7,10-17H2,1-2H3,(H,24,29)/p+1. The number of nitrogens with zero attached hydrogens (tertiary/aromatic N) is 2. The average Bonchev–Trinajstić information content (AvgIpc) is 2.95. The Morgan fingerprint density at radius 1 is 1.10 bits per heavy atom. The van der Waals surface area contributed by atoms with Gasteiger partial charge >= 0.3 is 6.03 Å². The van der Waals surface area contributed by atoms with Gasteiger partial charge in [-0.2, -0.15) is 0 Å². The zero-order chi connectivity index (χ0) is 20.4. The Morgan fingerprint density at radius 3 is 2.52 bits per heavy atom. The fraction of sp³-hybridized carbons (Fsp3) is 0.652. The molecule has 1 spiro atoms. The molecule has 2 saturated heterocycles. The molecule has 0 bridgehead atoms. The molecular formula is C23H35N4O2+. The fourth-order valence-corrected chi connectivity index (χ4v) is 5.17. The third-order valence-electron chi connectivity index (χ3n) is 6.98. The second-order valence-corrected chi connectivity index (χ2v) is 9.40. The first-order valence-electron chi connectivity index (χ1n) is 11.3. The SMILES string of the molecule is CC1CCC2(CC1)NC(=O)N(C[NH+](C)Cc1ccccc1N1CCCCC1)C2=O. The maximum Gasteiger partial charge on any atom is 0.329 e. The van der Waals surface area contributed by atoms with Gasteiger partial charge in [0.1, 0.15) is 12.1 Å². The van der Waals surface area contributed by atoms with E-state index >= 15 is 0 Å². The van der Waals surface area contributed by atoms with E-state index in [9.17, 15) is 9.59 Å². The van der Waals surface area contributed by atoms with Gasteiger partial charge in [0, 0.05) is 24.3 Å². The van der Waals surface area contributed by atoms with Crippen LogP contribution >= 0.6 is 0 Å². The van der Waals surface area contributed by atoms with E-state index in [2.05, 4.69) is 48.5 Å². The van der Waals surface area contributed by atoms with Crippen LogP contribution in [-0.2, 0) is 11.3 Å². The summed E-state index contributed by atoms with van der Waals surface area (Å²) in [5, 5.41) is 3.04. The summed E-state index contributed by atoms with van der Waals surface area (Å²) in [5.74, 6) is 0.622. The number of hydrogen-bond donors (Lipinski definition) is 2. The van der Waals surface area contributed by atoms with E-state index in [4.69, 9.17) is 0 Å². The van der Waals surface area contributed by atoms with Crippen LogP contribution in [0.15, 0.2) is 24.3 Å². The molecule has 158 valence electrons. The minimum absolute atomic E-state index is 0.0157. The van der Waals surface area contributed by atoms with Gasteiger partial charge in [0.05, 0.1) is 7.05 Å². The third-order valence-corrected chi connectivity index (χ3v) is 6.98. The highest BCUT2D eigenvalue weighted by Crippen LogP contribution is 2.36. The van der Waals surface area contributed by atoms with Crippen LogP contribution in [0.5, 0.6) is 0 Å². The van der Waals surface area contributed by atoms with E-state index in [-0.39, 0.29) is 11.9 Å². The van der Waals surface area contributed by atoms with Crippen molar-refractivity contribution >= 4 is 17.6 Å². The van der Waals surface area contributed by atoms with E-state index in [0.717, 1.165) is 50.2 Å². The van der Waals surface area contributed by atoms with Crippen molar-refractivity contribution in [2.45, 2.75) is 64.0 Å². The van der Waals surface area contributed by atoms with E-state index in [1.807, 2.05) is 0 Å². The topological polar surface area (TPSA) is 57.1 Å². The van der Waals surface area contributed by atoms with Crippen LogP contribution in [-0.4, -0.2) is 49.2 Å². The largest absolute Gasteiger partial charge is 0.371 e. The Bertz CT molecular complexity index is 751. The van der Waals surface area contributed by atoms with Crippen LogP contribution < -0.4 is 15.1 Å². The number of imide groups is 1. The smallest absolute Gasteiger partial charge is 0.329 e. The number of quaternary nitrogens is 1. The van der Waals surface area contributed by atoms with Crippen molar-refractivity contribution in [3.05, 3.63) is 29.8 Å². The Balaban J connectivity index is 1.42. The minimum atomic E-state index is -0.643. The van der Waals surface area contributed by atoms with Crippen molar-refractivity contribution in [3.63, 3.8) is 0 Å². The number of carbonyl (C=O) groups is 2. The first kappa shape index (κ1) is 20.2. The minimum Gasteiger partial charge on any atom is -0.371 e. The summed E-state index contributed by atoms with van der Waals surface area (Å²) < 4.78 is 0. The Labute approximate surface area is 174 Å². The van der Waals surface area contributed by atoms with Crippen molar-refractivity contribution in [1.82, 2.24) is 10.2 Å². The van der Waals surface area contributed by atoms with Crippen LogP contribution in [0.2, 0.25) is 0 Å². The molecule has 2 heterocycles. The number of anilines is 1. The fourth-order valence-electron chi connectivity index (χ4n) is 5.17. The average molecular weight is 400 g/mol. The molecule has 1 atom stereocenters. The van der Waals surface area contributed by atoms with E-state index < -0.39 is 5.54 Å². The predicted molar refractivity (Wildman–Crippen MR) is 114 cm³/mol. The molecule has 29 heavy (non-hydrogen) atoms. The molecular weight excluding hydrogens is 364 g/mol. The normalized spacial score (nSPS) is 28.7. The summed E-state index contributed by atoms with van der Waals surface area (Å²) in [4.78, 5) is 30.8. The van der Waals surface area contributed by atoms with Gasteiger partial charge in [-0.1, -0.05) is 25.1 Å². The number of hydrogen-bond acceptors (Lipinski definition) is 3. The number of carbonyl (C=O) groups excluding carboxylic acids is 2. The van der Waals surface area contributed by atoms with Crippen molar-refractivity contribution in [2.24, 2.45) is 5.92 Å². The molecule has 3 fully saturated rings. The number of rotatable bonds is 5. The lowest BCUT2D eigenvalue weighted by Crippen LogP contribution is -3.09. The lowest BCUT2D eigenvalue weighted by atomic mass is 9.77. The summed E-state index contributed by atoms with van der Waals surface area (Å²) in [6, 6.07) is 8.37. The molecule has 2 aliphatic heterocycles. The highest BCUT2D eigenvalue weighted by Gasteiger charge is 2.52. The summed E-state index contributed by atoms with van der Waals surface area (Å²) in [6.07, 6.45) is 7.37. The molecule has 1 saturated carbocycles. The second-order valence-electron chi connectivity index (χ2n) is 9.40. The second kappa shape index (κ2) is 8.34. The Morgan fingerprint density at radius 2 is 1.79 bits per heavy atom. The van der Waals surface area contributed by atoms with Gasteiger partial charge in [-0.25, -0.2) is 9.69 Å². The Kier molecular flexibility index (Phi) is 5.81. The van der Waals surface area contributed by atoms with E-state index in [0.29, 0.717) is 12.6 Å². The number of urea groups is 1. The van der Waals surface area contributed by atoms with Crippen molar-refractivity contribution < 1.29 is 14.5 Å². The number of piperidine rings is 1. The first-order valence-corrected chi connectivity index (χ1v) is 11.3. The van der Waals surface area contributed by atoms with Crippen molar-refractivity contribution in [3.8, 4) is 0 Å². The quantitative estimate of drug-likeness (QED) is 0.746. The monoisotopic (exact) mass is 399 g/mol. The highest BCUT2D eigenvalue weighted by molar-refractivity contribution is 6.06. The van der Waals surface area contributed by atoms with E-state index in [1.165, 1.54) is 35.4 Å². The Hall–Kier alpha value is -2.08. The van der Waals surface area contributed by atoms with Crippen LogP contribution in [0, 0.1) is 5.92 Å². The van der Waals surface area contributed by atoms with Crippen molar-refractivity contribution in [1.29, 1.82) is 0 Å². The number of nitrogens with one attached hydrogen (secondary N) is 2. The molecule has 1 aliphatic carbocycles. The molecule has 2 N–H and O–H groups in total. The summed E-state index contributed by atoms with van der Waals surface area (Å²) in [5.41, 5.74) is 1.96. The van der Waals surface area contributed by atoms with Crippen LogP contribution in [0.3, 0.4) is 0 Å². The van der Waals surface area contributed by atoms with Gasteiger partial charge in [-0.15, -0.1) is 0 Å². The maximum atomic E-state index is 13.1. The zero-order valence-electron chi connectivity index (χ0n) is 17.9. The van der Waals surface area contributed by atoms with Crippen LogP contribution in [0.25, 0.3) is 0 Å². The van der Waals surface area contributed by atoms with Gasteiger partial charge in [0.25, 0.3) is 5.91 Å². The summed E-state index contributed by atoms with van der Waals surface area (Å²) >= 11 is 0. The maximum absolute atomic E-state index is 13.1. The number of para-hydroxylation sites is 1. The van der Waals surface area contributed by atoms with Crippen LogP contribution in [0.1, 0.15) is 57.4 Å². The first-order chi connectivity index (χ1) is 14.0. The lowest BCUT2D eigenvalue weighted by molar-refractivity contribution is -0.901. The molecule has 1 unspecified atom stereocenters. The lowest BCUT2D eigenvalue weighted by Gasteiger charge is -2.33. The van der Waals surface area contributed by atoms with Gasteiger partial charge in [-0.3, -0.25) is 4.79 Å². The van der Waals surface area contributed by atoms with Crippen LogP contribution in [0.4, 0.5) is 10.5 Å². The predicted octanol–water partition coefficient (Wildman–Crippen LogP) is 2.15. The molecule has 4 rings (SSSR count). The highest BCUT2D eigenvalue weighted by atomic mass is 16.2. The van der Waals surface area contributed by atoms with Crippen molar-refractivity contribution in [2.75, 3.05) is 31.7 Å². The van der Waals surface area contributed by atoms with Gasteiger partial charge in [-0.05, 0) is 56.9 Å². The van der Waals surface area contributed by atoms with E-state index in [1.54, 1.807) is 0 Å². The third kappa shape index (κ3) is 4.13. The van der Waals surface area contributed by atoms with Gasteiger partial charge in [0.2, 0.25) is 0 Å². The zero-order valence-corrected chi connectivity index (χ0v) is 17.9. The summed E-state index contributed by atoms with van der Waals surface area (Å²) in [6.45, 7) is 5.67. The molecule has 3 aliphatic rings. The van der Waals surface area contributed by atoms with Gasteiger partial charge in [0.15, 0.2) is 6.67 Å². The molecule has 0 radical (unpaired) electrons. The molecule has 0 aromatic heterocycles. The molecule has 6 nitrogen and oxygen atoms in total. The molecule has 6 heteroatoms. The molecule has 3 amide bonds. The molecule has 1 aromatic carbocycles. The summed E-state index contributed by atoms with van der Waals surface area (Å²) in [7, 11) is 2.07. The number of benzene rings is 1.